The minimum Gasteiger partial charge on any atom is -0.459 e. The molecule has 0 saturated carbocycles. The van der Waals surface area contributed by atoms with Crippen LogP contribution in [0.3, 0.4) is 0 Å². The van der Waals surface area contributed by atoms with Crippen molar-refractivity contribution < 1.29 is 9.34 Å². The number of furan rings is 1. The van der Waals surface area contributed by atoms with E-state index in [1.165, 1.54) is 23.9 Å². The molecule has 0 spiro atoms. The Morgan fingerprint density at radius 3 is 2.32 bits per heavy atom. The van der Waals surface area contributed by atoms with E-state index in [4.69, 9.17) is 39.8 Å². The number of aromatic nitrogens is 1. The Morgan fingerprint density at radius 2 is 1.66 bits per heavy atom. The van der Waals surface area contributed by atoms with E-state index in [0.717, 1.165) is 26.7 Å². The van der Waals surface area contributed by atoms with Crippen molar-refractivity contribution in [3.63, 3.8) is 0 Å². The van der Waals surface area contributed by atoms with Crippen LogP contribution in [0.5, 0.6) is 0 Å². The standard InChI is InChI=1S/C30H20Cl2N4O3S2/c31-23-13-4-18(17-24(23)32)26-14-15-27(39-26)29-28(25-3-1-2-16-33-25)34-30(40)35(29)19-5-9-21(10-6-19)41-22-11-7-20(8-12-22)36(37)38/h1-17,28-29H,(H,34,40)/t28-,29+/m0/s1. The molecule has 6 rings (SSSR count). The van der Waals surface area contributed by atoms with Gasteiger partial charge in [-0.15, -0.1) is 0 Å². The van der Waals surface area contributed by atoms with Crippen molar-refractivity contribution in [1.29, 1.82) is 0 Å². The zero-order chi connectivity index (χ0) is 28.5. The van der Waals surface area contributed by atoms with Gasteiger partial charge in [-0.1, -0.05) is 41.0 Å². The smallest absolute Gasteiger partial charge is 0.269 e. The molecule has 0 amide bonds. The summed E-state index contributed by atoms with van der Waals surface area (Å²) in [5.41, 5.74) is 2.59. The lowest BCUT2D eigenvalue weighted by molar-refractivity contribution is -0.384. The molecule has 41 heavy (non-hydrogen) atoms. The van der Waals surface area contributed by atoms with Gasteiger partial charge >= 0.3 is 0 Å². The average Bonchev–Trinajstić information content (AvgIpc) is 3.60. The number of nitrogens with one attached hydrogen (secondary N) is 1. The number of hydrogen-bond acceptors (Lipinski definition) is 6. The predicted molar refractivity (Wildman–Crippen MR) is 166 cm³/mol. The van der Waals surface area contributed by atoms with E-state index in [2.05, 4.69) is 10.3 Å². The molecule has 5 aromatic rings. The Morgan fingerprint density at radius 1 is 0.927 bits per heavy atom. The van der Waals surface area contributed by atoms with Crippen molar-refractivity contribution in [2.45, 2.75) is 21.9 Å². The molecule has 7 nitrogen and oxygen atoms in total. The van der Waals surface area contributed by atoms with E-state index in [-0.39, 0.29) is 17.8 Å². The molecule has 3 heterocycles. The Kier molecular flexibility index (Phi) is 7.68. The molecule has 0 radical (unpaired) electrons. The molecule has 2 aromatic heterocycles. The summed E-state index contributed by atoms with van der Waals surface area (Å²) in [7, 11) is 0. The van der Waals surface area contributed by atoms with E-state index in [0.29, 0.717) is 26.7 Å². The van der Waals surface area contributed by atoms with Crippen molar-refractivity contribution in [2.75, 3.05) is 4.90 Å². The maximum atomic E-state index is 11.0. The second-order valence-corrected chi connectivity index (χ2v) is 11.5. The topological polar surface area (TPSA) is 84.4 Å². The molecule has 0 bridgehead atoms. The number of hydrogen-bond donors (Lipinski definition) is 1. The lowest BCUT2D eigenvalue weighted by Crippen LogP contribution is -2.29. The van der Waals surface area contributed by atoms with Crippen molar-refractivity contribution in [1.82, 2.24) is 10.3 Å². The average molecular weight is 620 g/mol. The number of anilines is 1. The van der Waals surface area contributed by atoms with Crippen LogP contribution in [0.1, 0.15) is 23.5 Å². The number of thiocarbonyl (C=S) groups is 1. The van der Waals surface area contributed by atoms with E-state index in [1.54, 1.807) is 30.5 Å². The quantitative estimate of drug-likeness (QED) is 0.110. The van der Waals surface area contributed by atoms with Crippen molar-refractivity contribution in [2.24, 2.45) is 0 Å². The van der Waals surface area contributed by atoms with Crippen LogP contribution in [0.4, 0.5) is 11.4 Å². The van der Waals surface area contributed by atoms with Gasteiger partial charge in [-0.3, -0.25) is 15.1 Å². The first-order chi connectivity index (χ1) is 19.9. The highest BCUT2D eigenvalue weighted by molar-refractivity contribution is 7.99. The van der Waals surface area contributed by atoms with Crippen molar-refractivity contribution >= 4 is 63.7 Å². The third-order valence-electron chi connectivity index (χ3n) is 6.62. The largest absolute Gasteiger partial charge is 0.459 e. The van der Waals surface area contributed by atoms with Gasteiger partial charge in [-0.25, -0.2) is 0 Å². The number of non-ortho nitro benzene ring substituents is 1. The maximum Gasteiger partial charge on any atom is 0.269 e. The van der Waals surface area contributed by atoms with Crippen LogP contribution >= 0.6 is 47.2 Å². The van der Waals surface area contributed by atoms with Crippen LogP contribution in [0, 0.1) is 10.1 Å². The monoisotopic (exact) mass is 618 g/mol. The lowest BCUT2D eigenvalue weighted by Gasteiger charge is -2.26. The molecule has 3 aromatic carbocycles. The lowest BCUT2D eigenvalue weighted by atomic mass is 10.0. The Hall–Kier alpha value is -3.89. The Balaban J connectivity index is 1.32. The number of pyridine rings is 1. The predicted octanol–water partition coefficient (Wildman–Crippen LogP) is 8.88. The SMILES string of the molecule is O=[N+]([O-])c1ccc(Sc2ccc(N3C(=S)N[C@@H](c4ccccn4)[C@H]3c3ccc(-c4ccc(Cl)c(Cl)c4)o3)cc2)cc1. The van der Waals surface area contributed by atoms with Gasteiger partial charge < -0.3 is 14.6 Å². The highest BCUT2D eigenvalue weighted by atomic mass is 35.5. The van der Waals surface area contributed by atoms with Crippen LogP contribution < -0.4 is 10.2 Å². The van der Waals surface area contributed by atoms with Crippen LogP contribution in [0.15, 0.2) is 117 Å². The van der Waals surface area contributed by atoms with Gasteiger partial charge in [-0.05, 0) is 91.1 Å². The first-order valence-electron chi connectivity index (χ1n) is 12.5. The third-order valence-corrected chi connectivity index (χ3v) is 8.69. The summed E-state index contributed by atoms with van der Waals surface area (Å²) in [5, 5.41) is 15.9. The van der Waals surface area contributed by atoms with Gasteiger partial charge in [0.25, 0.3) is 5.69 Å². The fraction of sp³-hybridized carbons (Fsp3) is 0.0667. The second-order valence-electron chi connectivity index (χ2n) is 9.17. The Bertz CT molecular complexity index is 1730. The zero-order valence-corrected chi connectivity index (χ0v) is 24.3. The Labute approximate surface area is 255 Å². The summed E-state index contributed by atoms with van der Waals surface area (Å²) >= 11 is 19.7. The molecule has 1 aliphatic rings. The van der Waals surface area contributed by atoms with Crippen LogP contribution in [-0.4, -0.2) is 15.0 Å². The fourth-order valence-corrected chi connectivity index (χ4v) is 6.15. The third kappa shape index (κ3) is 5.67. The molecular weight excluding hydrogens is 599 g/mol. The van der Waals surface area contributed by atoms with Crippen molar-refractivity contribution in [3.05, 3.63) is 135 Å². The molecule has 1 fully saturated rings. The summed E-state index contributed by atoms with van der Waals surface area (Å²) in [6, 6.07) is 28.9. The van der Waals surface area contributed by atoms with Crippen LogP contribution in [0.2, 0.25) is 10.0 Å². The van der Waals surface area contributed by atoms with Gasteiger partial charge in [0.05, 0.1) is 26.7 Å². The molecular formula is C30H20Cl2N4O3S2. The minimum atomic E-state index is -0.405. The summed E-state index contributed by atoms with van der Waals surface area (Å²) in [6.07, 6.45) is 1.76. The molecule has 2 atom stereocenters. The molecule has 11 heteroatoms. The van der Waals surface area contributed by atoms with E-state index < -0.39 is 4.92 Å². The summed E-state index contributed by atoms with van der Waals surface area (Å²) in [4.78, 5) is 19.1. The van der Waals surface area contributed by atoms with Gasteiger partial charge in [0.2, 0.25) is 0 Å². The normalized spacial score (nSPS) is 16.5. The van der Waals surface area contributed by atoms with E-state index in [9.17, 15) is 10.1 Å². The van der Waals surface area contributed by atoms with Gasteiger partial charge in [-0.2, -0.15) is 0 Å². The number of rotatable bonds is 7. The number of benzene rings is 3. The molecule has 204 valence electrons. The summed E-state index contributed by atoms with van der Waals surface area (Å²) in [5.74, 6) is 1.37. The highest BCUT2D eigenvalue weighted by Crippen LogP contribution is 2.43. The number of halogens is 2. The molecule has 1 saturated heterocycles. The van der Waals surface area contributed by atoms with Crippen LogP contribution in [0.25, 0.3) is 11.3 Å². The summed E-state index contributed by atoms with van der Waals surface area (Å²) < 4.78 is 6.41. The fourth-order valence-electron chi connectivity index (χ4n) is 4.68. The summed E-state index contributed by atoms with van der Waals surface area (Å²) in [6.45, 7) is 0. The van der Waals surface area contributed by atoms with Gasteiger partial charge in [0.15, 0.2) is 5.11 Å². The minimum absolute atomic E-state index is 0.0634. The highest BCUT2D eigenvalue weighted by Gasteiger charge is 2.42. The molecule has 0 aliphatic carbocycles. The molecule has 1 N–H and O–H groups in total. The second kappa shape index (κ2) is 11.5. The first-order valence-corrected chi connectivity index (χ1v) is 14.4. The van der Waals surface area contributed by atoms with Crippen LogP contribution in [-0.2, 0) is 0 Å². The van der Waals surface area contributed by atoms with Crippen molar-refractivity contribution in [3.8, 4) is 11.3 Å². The van der Waals surface area contributed by atoms with E-state index in [1.807, 2.05) is 65.6 Å². The number of nitro groups is 1. The molecule has 1 aliphatic heterocycles. The van der Waals surface area contributed by atoms with Gasteiger partial charge in [0, 0.05) is 39.4 Å². The maximum absolute atomic E-state index is 11.0. The van der Waals surface area contributed by atoms with E-state index >= 15 is 0 Å². The number of nitrogens with zero attached hydrogens (tertiary/aromatic N) is 3. The first kappa shape index (κ1) is 27.3. The molecule has 0 unspecified atom stereocenters. The zero-order valence-electron chi connectivity index (χ0n) is 21.1. The van der Waals surface area contributed by atoms with Gasteiger partial charge in [0.1, 0.15) is 17.6 Å². The number of nitro benzene ring substituents is 1.